The normalized spacial score (nSPS) is 26.1. The number of rotatable bonds is 9. The molecule has 1 aromatic carbocycles. The predicted molar refractivity (Wildman–Crippen MR) is 164 cm³/mol. The van der Waals surface area contributed by atoms with Gasteiger partial charge in [-0.15, -0.1) is 0 Å². The average Bonchev–Trinajstić information content (AvgIpc) is 3.00. The molecule has 1 aliphatic carbocycles. The highest BCUT2D eigenvalue weighted by molar-refractivity contribution is 6.45. The van der Waals surface area contributed by atoms with Crippen molar-refractivity contribution >= 4 is 42.1 Å². The molecule has 1 saturated carbocycles. The van der Waals surface area contributed by atoms with Crippen molar-refractivity contribution in [3.63, 3.8) is 0 Å². The minimum atomic E-state index is -1.02. The summed E-state index contributed by atoms with van der Waals surface area (Å²) in [6.45, 7) is 16.9. The zero-order valence-corrected chi connectivity index (χ0v) is 27.3. The van der Waals surface area contributed by atoms with E-state index in [9.17, 15) is 9.59 Å². The van der Waals surface area contributed by atoms with Gasteiger partial charge in [0, 0.05) is 31.5 Å². The highest BCUT2D eigenvalue weighted by Gasteiger charge is 2.53. The van der Waals surface area contributed by atoms with E-state index in [0.717, 1.165) is 31.1 Å². The summed E-state index contributed by atoms with van der Waals surface area (Å²) in [6.07, 6.45) is 3.95. The van der Waals surface area contributed by atoms with E-state index in [1.807, 2.05) is 40.0 Å². The third-order valence-corrected chi connectivity index (χ3v) is 9.34. The fourth-order valence-corrected chi connectivity index (χ4v) is 6.32. The summed E-state index contributed by atoms with van der Waals surface area (Å²) in [4.78, 5) is 28.9. The lowest BCUT2D eigenvalue weighted by atomic mass is 9.64. The number of hydrogen-bond donors (Lipinski definition) is 2. The minimum Gasteiger partial charge on any atom is -0.403 e. The van der Waals surface area contributed by atoms with Crippen molar-refractivity contribution in [1.82, 2.24) is 15.5 Å². The van der Waals surface area contributed by atoms with Gasteiger partial charge in [0.15, 0.2) is 0 Å². The quantitative estimate of drug-likeness (QED) is 0.337. The van der Waals surface area contributed by atoms with E-state index in [1.165, 1.54) is 6.92 Å². The van der Waals surface area contributed by atoms with Gasteiger partial charge in [-0.1, -0.05) is 35.7 Å². The molecule has 1 aliphatic heterocycles. The molecule has 0 unspecified atom stereocenters. The van der Waals surface area contributed by atoms with Crippen LogP contribution in [0.4, 0.5) is 0 Å². The first-order valence-corrected chi connectivity index (χ1v) is 15.2. The van der Waals surface area contributed by atoms with E-state index in [1.54, 1.807) is 6.07 Å². The maximum atomic E-state index is 14.1. The van der Waals surface area contributed by atoms with Gasteiger partial charge in [0.2, 0.25) is 11.8 Å². The van der Waals surface area contributed by atoms with Crippen LogP contribution in [0.2, 0.25) is 16.4 Å². The van der Waals surface area contributed by atoms with Crippen LogP contribution in [0.5, 0.6) is 0 Å². The second-order valence-electron chi connectivity index (χ2n) is 13.9. The van der Waals surface area contributed by atoms with E-state index in [4.69, 9.17) is 32.5 Å². The van der Waals surface area contributed by atoms with Gasteiger partial charge in [0.1, 0.15) is 5.54 Å². The minimum absolute atomic E-state index is 0.0698. The van der Waals surface area contributed by atoms with Crippen LogP contribution in [0, 0.1) is 11.8 Å². The molecule has 2 fully saturated rings. The molecule has 0 spiro atoms. The van der Waals surface area contributed by atoms with Crippen molar-refractivity contribution in [3.05, 3.63) is 33.8 Å². The Bertz CT molecular complexity index is 1060. The molecule has 7 nitrogen and oxygen atoms in total. The molecule has 0 bridgehead atoms. The molecule has 224 valence electrons. The summed E-state index contributed by atoms with van der Waals surface area (Å²) in [5, 5.41) is 7.39. The van der Waals surface area contributed by atoms with Gasteiger partial charge < -0.3 is 24.8 Å². The van der Waals surface area contributed by atoms with Crippen LogP contribution in [0.1, 0.15) is 86.6 Å². The number of benzene rings is 1. The summed E-state index contributed by atoms with van der Waals surface area (Å²) in [7, 11) is 1.76. The Morgan fingerprint density at radius 1 is 1.07 bits per heavy atom. The number of halogens is 2. The fraction of sp³-hybridized carbons (Fsp3) is 0.733. The molecule has 3 atom stereocenters. The van der Waals surface area contributed by atoms with Crippen molar-refractivity contribution in [1.29, 1.82) is 0 Å². The van der Waals surface area contributed by atoms with Gasteiger partial charge in [0.25, 0.3) is 0 Å². The largest absolute Gasteiger partial charge is 0.457 e. The van der Waals surface area contributed by atoms with Crippen LogP contribution in [-0.4, -0.2) is 59.7 Å². The smallest absolute Gasteiger partial charge is 0.403 e. The average molecular weight is 596 g/mol. The Morgan fingerprint density at radius 2 is 1.70 bits per heavy atom. The van der Waals surface area contributed by atoms with Gasteiger partial charge in [-0.3, -0.25) is 9.59 Å². The molecule has 40 heavy (non-hydrogen) atoms. The first-order valence-electron chi connectivity index (χ1n) is 14.4. The summed E-state index contributed by atoms with van der Waals surface area (Å²) >= 11 is 12.4. The highest BCUT2D eigenvalue weighted by atomic mass is 35.5. The molecule has 0 aromatic heterocycles. The van der Waals surface area contributed by atoms with E-state index in [2.05, 4.69) is 43.2 Å². The van der Waals surface area contributed by atoms with Crippen LogP contribution >= 0.6 is 23.2 Å². The fourth-order valence-electron chi connectivity index (χ4n) is 6.00. The van der Waals surface area contributed by atoms with Crippen molar-refractivity contribution in [2.24, 2.45) is 11.8 Å². The van der Waals surface area contributed by atoms with E-state index in [-0.39, 0.29) is 42.0 Å². The van der Waals surface area contributed by atoms with E-state index >= 15 is 0 Å². The Balaban J connectivity index is 1.81. The SMILES string of the molecule is CC(=O)N[C@]1(C(=O)NC(C)(C)C)C[C@H](CCB2OC(C)(C)C(C)(C)O2)CC[C@H]1CN(C)Cc1ccc(Cl)c(Cl)c1. The molecule has 1 saturated heterocycles. The molecule has 3 rings (SSSR count). The zero-order valence-electron chi connectivity index (χ0n) is 25.7. The molecule has 0 radical (unpaired) electrons. The summed E-state index contributed by atoms with van der Waals surface area (Å²) in [6, 6.07) is 5.64. The van der Waals surface area contributed by atoms with Gasteiger partial charge in [0.05, 0.1) is 21.2 Å². The lowest BCUT2D eigenvalue weighted by Gasteiger charge is -2.48. The third-order valence-electron chi connectivity index (χ3n) is 8.60. The number of nitrogens with zero attached hydrogens (tertiary/aromatic N) is 1. The van der Waals surface area contributed by atoms with Crippen molar-refractivity contribution < 1.29 is 18.9 Å². The second kappa shape index (κ2) is 12.5. The Labute approximate surface area is 251 Å². The monoisotopic (exact) mass is 595 g/mol. The van der Waals surface area contributed by atoms with E-state index in [0.29, 0.717) is 29.6 Å². The Hall–Kier alpha value is -1.32. The first-order chi connectivity index (χ1) is 18.3. The molecule has 1 aromatic rings. The summed E-state index contributed by atoms with van der Waals surface area (Å²) in [5.41, 5.74) is -1.17. The Morgan fingerprint density at radius 3 is 2.25 bits per heavy atom. The molecule has 2 amide bonds. The number of nitrogens with one attached hydrogen (secondary N) is 2. The number of hydrogen-bond acceptors (Lipinski definition) is 5. The van der Waals surface area contributed by atoms with Crippen LogP contribution < -0.4 is 10.6 Å². The molecule has 2 N–H and O–H groups in total. The molecule has 10 heteroatoms. The Kier molecular flexibility index (Phi) is 10.4. The predicted octanol–water partition coefficient (Wildman–Crippen LogP) is 6.11. The first kappa shape index (κ1) is 33.2. The maximum Gasteiger partial charge on any atom is 0.457 e. The zero-order chi connectivity index (χ0) is 30.1. The molecule has 1 heterocycles. The number of carbonyl (C=O) groups is 2. The van der Waals surface area contributed by atoms with Gasteiger partial charge in [-0.25, -0.2) is 0 Å². The number of amides is 2. The van der Waals surface area contributed by atoms with E-state index < -0.39 is 11.1 Å². The lowest BCUT2D eigenvalue weighted by molar-refractivity contribution is -0.140. The lowest BCUT2D eigenvalue weighted by Crippen LogP contribution is -2.68. The topological polar surface area (TPSA) is 79.9 Å². The molecular weight excluding hydrogens is 548 g/mol. The van der Waals surface area contributed by atoms with Crippen LogP contribution in [0.25, 0.3) is 0 Å². The van der Waals surface area contributed by atoms with Crippen molar-refractivity contribution in [3.8, 4) is 0 Å². The second-order valence-corrected chi connectivity index (χ2v) is 14.7. The maximum absolute atomic E-state index is 14.1. The third kappa shape index (κ3) is 8.16. The standard InChI is InChI=1S/C30H48BCl2N3O4/c1-20(37)34-30(26(38)35-27(2,3)4)17-21(14-15-31-39-28(5,6)29(7,8)40-31)10-12-23(30)19-36(9)18-22-11-13-24(32)25(33)16-22/h11,13,16,21,23H,10,12,14-15,17-19H2,1-9H3,(H,34,37)(H,35,38)/t21-,23-,30+/m0/s1. The van der Waals surface area contributed by atoms with Gasteiger partial charge in [-0.05, 0) is 105 Å². The number of carbonyl (C=O) groups excluding carboxylic acids is 2. The molecular formula is C30H48BCl2N3O4. The van der Waals surface area contributed by atoms with Gasteiger partial charge >= 0.3 is 7.12 Å². The highest BCUT2D eigenvalue weighted by Crippen LogP contribution is 2.43. The van der Waals surface area contributed by atoms with Gasteiger partial charge in [-0.2, -0.15) is 0 Å². The summed E-state index contributed by atoms with van der Waals surface area (Å²) < 4.78 is 12.5. The van der Waals surface area contributed by atoms with Crippen molar-refractivity contribution in [2.45, 2.75) is 116 Å². The van der Waals surface area contributed by atoms with Crippen molar-refractivity contribution in [2.75, 3.05) is 13.6 Å². The van der Waals surface area contributed by atoms with Crippen LogP contribution in [0.15, 0.2) is 18.2 Å². The van der Waals surface area contributed by atoms with Crippen LogP contribution in [-0.2, 0) is 25.4 Å². The molecule has 2 aliphatic rings. The summed E-state index contributed by atoms with van der Waals surface area (Å²) in [5.74, 6) is -0.149. The van der Waals surface area contributed by atoms with Crippen LogP contribution in [0.3, 0.4) is 0 Å².